The van der Waals surface area contributed by atoms with Gasteiger partial charge in [0.2, 0.25) is 0 Å². The molecular weight excluding hydrogens is 212 g/mol. The largest absolute Gasteiger partial charge is 0.318 e. The van der Waals surface area contributed by atoms with E-state index >= 15 is 0 Å². The molecule has 0 aromatic carbocycles. The van der Waals surface area contributed by atoms with Crippen molar-refractivity contribution < 1.29 is 0 Å². The van der Waals surface area contributed by atoms with Crippen LogP contribution in [-0.2, 0) is 13.1 Å². The molecule has 0 spiro atoms. The summed E-state index contributed by atoms with van der Waals surface area (Å²) >= 11 is 0. The van der Waals surface area contributed by atoms with E-state index in [-0.39, 0.29) is 0 Å². The Morgan fingerprint density at radius 3 is 3.12 bits per heavy atom. The van der Waals surface area contributed by atoms with E-state index in [2.05, 4.69) is 33.0 Å². The van der Waals surface area contributed by atoms with Crippen molar-refractivity contribution in [3.63, 3.8) is 0 Å². The summed E-state index contributed by atoms with van der Waals surface area (Å²) in [7, 11) is 2.04. The maximum Gasteiger partial charge on any atom is 0.0524 e. The van der Waals surface area contributed by atoms with Crippen LogP contribution in [0.2, 0.25) is 0 Å². The van der Waals surface area contributed by atoms with Crippen molar-refractivity contribution in [2.24, 2.45) is 0 Å². The molecule has 1 fully saturated rings. The molecular formula is C13H24N4. The van der Waals surface area contributed by atoms with E-state index in [1.165, 1.54) is 31.5 Å². The van der Waals surface area contributed by atoms with Gasteiger partial charge in [-0.2, -0.15) is 5.10 Å². The molecule has 4 heteroatoms. The van der Waals surface area contributed by atoms with E-state index in [1.807, 2.05) is 13.2 Å². The fraction of sp³-hybridized carbons (Fsp3) is 0.769. The van der Waals surface area contributed by atoms with Crippen molar-refractivity contribution in [3.05, 3.63) is 18.0 Å². The van der Waals surface area contributed by atoms with E-state index in [0.717, 1.165) is 19.6 Å². The van der Waals surface area contributed by atoms with E-state index in [1.54, 1.807) is 0 Å². The summed E-state index contributed by atoms with van der Waals surface area (Å²) in [4.78, 5) is 2.60. The summed E-state index contributed by atoms with van der Waals surface area (Å²) in [5, 5.41) is 7.66. The minimum absolute atomic E-state index is 0.689. The number of aryl methyl sites for hydroxylation is 1. The fourth-order valence-electron chi connectivity index (χ4n) is 2.72. The second-order valence-corrected chi connectivity index (χ2v) is 4.82. The maximum absolute atomic E-state index is 4.35. The van der Waals surface area contributed by atoms with Crippen LogP contribution in [0, 0.1) is 0 Å². The molecule has 0 amide bonds. The first kappa shape index (κ1) is 12.6. The Hall–Kier alpha value is -0.870. The van der Waals surface area contributed by atoms with Crippen molar-refractivity contribution in [2.45, 2.75) is 45.3 Å². The van der Waals surface area contributed by atoms with E-state index in [0.29, 0.717) is 6.04 Å². The molecule has 1 aromatic rings. The lowest BCUT2D eigenvalue weighted by molar-refractivity contribution is 0.135. The predicted octanol–water partition coefficient (Wildman–Crippen LogP) is 1.48. The Bertz CT molecular complexity index is 332. The molecule has 1 aliphatic heterocycles. The summed E-state index contributed by atoms with van der Waals surface area (Å²) in [6.07, 6.45) is 5.94. The lowest BCUT2D eigenvalue weighted by Crippen LogP contribution is -2.44. The lowest BCUT2D eigenvalue weighted by Gasteiger charge is -2.35. The normalized spacial score (nSPS) is 21.9. The Morgan fingerprint density at radius 1 is 1.47 bits per heavy atom. The van der Waals surface area contributed by atoms with Gasteiger partial charge in [0, 0.05) is 31.9 Å². The summed E-state index contributed by atoms with van der Waals surface area (Å²) in [6.45, 7) is 6.48. The monoisotopic (exact) mass is 236 g/mol. The molecule has 1 aromatic heterocycles. The van der Waals surface area contributed by atoms with Crippen LogP contribution in [0.4, 0.5) is 0 Å². The van der Waals surface area contributed by atoms with Gasteiger partial charge in [0.05, 0.1) is 5.69 Å². The molecule has 1 atom stereocenters. The van der Waals surface area contributed by atoms with Crippen LogP contribution >= 0.6 is 0 Å². The van der Waals surface area contributed by atoms with Crippen LogP contribution in [0.5, 0.6) is 0 Å². The molecule has 1 N–H and O–H groups in total. The van der Waals surface area contributed by atoms with E-state index in [4.69, 9.17) is 0 Å². The number of rotatable bonds is 5. The summed E-state index contributed by atoms with van der Waals surface area (Å²) in [6, 6.07) is 2.84. The average molecular weight is 236 g/mol. The van der Waals surface area contributed by atoms with E-state index in [9.17, 15) is 0 Å². The average Bonchev–Trinajstić information content (AvgIpc) is 2.79. The number of piperidine rings is 1. The second-order valence-electron chi connectivity index (χ2n) is 4.82. The van der Waals surface area contributed by atoms with Gasteiger partial charge in [-0.3, -0.25) is 9.58 Å². The summed E-state index contributed by atoms with van der Waals surface area (Å²) < 4.78 is 2.10. The highest BCUT2D eigenvalue weighted by Crippen LogP contribution is 2.19. The molecule has 2 heterocycles. The van der Waals surface area contributed by atoms with E-state index < -0.39 is 0 Å². The van der Waals surface area contributed by atoms with Gasteiger partial charge in [-0.25, -0.2) is 0 Å². The highest BCUT2D eigenvalue weighted by atomic mass is 15.3. The zero-order valence-corrected chi connectivity index (χ0v) is 11.0. The van der Waals surface area contributed by atoms with Gasteiger partial charge in [-0.05, 0) is 39.4 Å². The SMILES string of the molecule is CCn1nccc1CN1CCCCC1CNC. The number of aromatic nitrogens is 2. The van der Waals surface area contributed by atoms with Crippen molar-refractivity contribution in [1.29, 1.82) is 0 Å². The van der Waals surface area contributed by atoms with Gasteiger partial charge in [0.25, 0.3) is 0 Å². The topological polar surface area (TPSA) is 33.1 Å². The van der Waals surface area contributed by atoms with Crippen LogP contribution in [0.1, 0.15) is 31.9 Å². The molecule has 1 unspecified atom stereocenters. The number of nitrogens with zero attached hydrogens (tertiary/aromatic N) is 3. The zero-order chi connectivity index (χ0) is 12.1. The first-order chi connectivity index (χ1) is 8.35. The zero-order valence-electron chi connectivity index (χ0n) is 11.0. The molecule has 0 bridgehead atoms. The molecule has 2 rings (SSSR count). The molecule has 1 aliphatic rings. The number of likely N-dealkylation sites (N-methyl/N-ethyl adjacent to an activating group) is 1. The fourth-order valence-corrected chi connectivity index (χ4v) is 2.72. The van der Waals surface area contributed by atoms with Gasteiger partial charge in [0.15, 0.2) is 0 Å². The minimum Gasteiger partial charge on any atom is -0.318 e. The van der Waals surface area contributed by atoms with Crippen molar-refractivity contribution in [3.8, 4) is 0 Å². The number of hydrogen-bond acceptors (Lipinski definition) is 3. The first-order valence-corrected chi connectivity index (χ1v) is 6.74. The Labute approximate surface area is 104 Å². The van der Waals surface area contributed by atoms with Crippen LogP contribution in [0.3, 0.4) is 0 Å². The quantitative estimate of drug-likeness (QED) is 0.840. The standard InChI is InChI=1S/C13H24N4/c1-3-17-13(7-8-15-17)11-16-9-5-4-6-12(16)10-14-2/h7-8,12,14H,3-6,9-11H2,1-2H3. The van der Waals surface area contributed by atoms with Crippen molar-refractivity contribution in [1.82, 2.24) is 20.0 Å². The molecule has 4 nitrogen and oxygen atoms in total. The minimum atomic E-state index is 0.689. The number of hydrogen-bond donors (Lipinski definition) is 1. The van der Waals surface area contributed by atoms with Crippen molar-refractivity contribution in [2.75, 3.05) is 20.1 Å². The van der Waals surface area contributed by atoms with Crippen LogP contribution < -0.4 is 5.32 Å². The van der Waals surface area contributed by atoms with Crippen LogP contribution in [-0.4, -0.2) is 40.9 Å². The maximum atomic E-state index is 4.35. The highest BCUT2D eigenvalue weighted by molar-refractivity contribution is 5.01. The molecule has 1 saturated heterocycles. The number of nitrogens with one attached hydrogen (secondary N) is 1. The third-order valence-corrected chi connectivity index (χ3v) is 3.66. The molecule has 17 heavy (non-hydrogen) atoms. The van der Waals surface area contributed by atoms with Gasteiger partial charge in [0.1, 0.15) is 0 Å². The first-order valence-electron chi connectivity index (χ1n) is 6.74. The second kappa shape index (κ2) is 6.17. The van der Waals surface area contributed by atoms with Gasteiger partial charge in [-0.15, -0.1) is 0 Å². The molecule has 0 radical (unpaired) electrons. The number of likely N-dealkylation sites (tertiary alicyclic amines) is 1. The highest BCUT2D eigenvalue weighted by Gasteiger charge is 2.22. The Kier molecular flexibility index (Phi) is 4.57. The predicted molar refractivity (Wildman–Crippen MR) is 69.9 cm³/mol. The smallest absolute Gasteiger partial charge is 0.0524 e. The third kappa shape index (κ3) is 3.07. The summed E-state index contributed by atoms with van der Waals surface area (Å²) in [5.74, 6) is 0. The Balaban J connectivity index is 2.00. The van der Waals surface area contributed by atoms with Crippen molar-refractivity contribution >= 4 is 0 Å². The summed E-state index contributed by atoms with van der Waals surface area (Å²) in [5.41, 5.74) is 1.34. The van der Waals surface area contributed by atoms with Gasteiger partial charge in [-0.1, -0.05) is 6.42 Å². The van der Waals surface area contributed by atoms with Crippen LogP contribution in [0.15, 0.2) is 12.3 Å². The molecule has 0 aliphatic carbocycles. The third-order valence-electron chi connectivity index (χ3n) is 3.66. The molecule has 0 saturated carbocycles. The van der Waals surface area contributed by atoms with Crippen LogP contribution in [0.25, 0.3) is 0 Å². The van der Waals surface area contributed by atoms with Gasteiger partial charge < -0.3 is 5.32 Å². The Morgan fingerprint density at radius 2 is 2.35 bits per heavy atom. The lowest BCUT2D eigenvalue weighted by atomic mass is 10.0. The molecule has 96 valence electrons. The van der Waals surface area contributed by atoms with Gasteiger partial charge >= 0.3 is 0 Å².